The lowest BCUT2D eigenvalue weighted by Gasteiger charge is -2.23. The fourth-order valence-corrected chi connectivity index (χ4v) is 2.64. The van der Waals surface area contributed by atoms with Crippen molar-refractivity contribution < 1.29 is 0 Å². The van der Waals surface area contributed by atoms with Crippen molar-refractivity contribution in [2.75, 3.05) is 5.32 Å². The predicted octanol–water partition coefficient (Wildman–Crippen LogP) is 2.10. The third-order valence-electron chi connectivity index (χ3n) is 3.73. The quantitative estimate of drug-likeness (QED) is 0.806. The minimum atomic E-state index is 0.210. The van der Waals surface area contributed by atoms with Crippen molar-refractivity contribution in [3.8, 4) is 0 Å². The van der Waals surface area contributed by atoms with Gasteiger partial charge >= 0.3 is 0 Å². The van der Waals surface area contributed by atoms with E-state index in [-0.39, 0.29) is 6.04 Å². The number of pyridine rings is 1. The van der Waals surface area contributed by atoms with Crippen LogP contribution in [-0.2, 0) is 0 Å². The summed E-state index contributed by atoms with van der Waals surface area (Å²) in [6.45, 7) is 0. The van der Waals surface area contributed by atoms with E-state index in [0.29, 0.717) is 11.7 Å². The first-order valence-corrected chi connectivity index (χ1v) is 6.93. The molecule has 0 amide bonds. The molecule has 2 atom stereocenters. The van der Waals surface area contributed by atoms with Crippen LogP contribution in [0.2, 0.25) is 0 Å². The lowest BCUT2D eigenvalue weighted by Crippen LogP contribution is -2.39. The Kier molecular flexibility index (Phi) is 3.55. The van der Waals surface area contributed by atoms with Gasteiger partial charge in [-0.25, -0.2) is 9.97 Å². The Bertz CT molecular complexity index is 556. The molecule has 3 rings (SSSR count). The highest BCUT2D eigenvalue weighted by molar-refractivity contribution is 5.71. The van der Waals surface area contributed by atoms with Gasteiger partial charge in [-0.3, -0.25) is 4.98 Å². The van der Waals surface area contributed by atoms with Gasteiger partial charge in [-0.15, -0.1) is 0 Å². The summed E-state index contributed by atoms with van der Waals surface area (Å²) in [4.78, 5) is 12.9. The van der Waals surface area contributed by atoms with Gasteiger partial charge in [0, 0.05) is 24.5 Å². The van der Waals surface area contributed by atoms with Crippen molar-refractivity contribution >= 4 is 17.0 Å². The molecule has 0 saturated heterocycles. The number of hydrogen-bond donors (Lipinski definition) is 2. The third kappa shape index (κ3) is 2.81. The van der Waals surface area contributed by atoms with Crippen molar-refractivity contribution in [3.63, 3.8) is 0 Å². The largest absolute Gasteiger partial charge is 0.366 e. The van der Waals surface area contributed by atoms with Gasteiger partial charge in [-0.1, -0.05) is 19.3 Å². The van der Waals surface area contributed by atoms with E-state index in [1.165, 1.54) is 19.3 Å². The molecule has 1 aliphatic rings. The van der Waals surface area contributed by atoms with Crippen LogP contribution in [0.25, 0.3) is 11.2 Å². The van der Waals surface area contributed by atoms with Crippen molar-refractivity contribution in [1.82, 2.24) is 15.0 Å². The first-order valence-electron chi connectivity index (χ1n) is 6.93. The molecule has 5 heteroatoms. The molecule has 2 heterocycles. The molecule has 2 aromatic rings. The van der Waals surface area contributed by atoms with Crippen LogP contribution >= 0.6 is 0 Å². The zero-order valence-electron chi connectivity index (χ0n) is 10.9. The van der Waals surface area contributed by atoms with Crippen molar-refractivity contribution in [2.45, 2.75) is 44.2 Å². The smallest absolute Gasteiger partial charge is 0.180 e. The van der Waals surface area contributed by atoms with Gasteiger partial charge in [0.15, 0.2) is 5.65 Å². The van der Waals surface area contributed by atoms with E-state index in [4.69, 9.17) is 5.73 Å². The van der Waals surface area contributed by atoms with E-state index < -0.39 is 0 Å². The zero-order chi connectivity index (χ0) is 13.1. The number of nitrogens with two attached hydrogens (primary N) is 1. The zero-order valence-corrected chi connectivity index (χ0v) is 10.9. The van der Waals surface area contributed by atoms with Gasteiger partial charge in [-0.2, -0.15) is 0 Å². The Labute approximate surface area is 112 Å². The molecule has 0 bridgehead atoms. The maximum Gasteiger partial charge on any atom is 0.180 e. The Balaban J connectivity index is 1.80. The number of nitrogens with zero attached hydrogens (tertiary/aromatic N) is 3. The van der Waals surface area contributed by atoms with E-state index in [1.807, 2.05) is 12.1 Å². The van der Waals surface area contributed by atoms with E-state index in [9.17, 15) is 0 Å². The first-order chi connectivity index (χ1) is 9.33. The Morgan fingerprint density at radius 1 is 1.05 bits per heavy atom. The van der Waals surface area contributed by atoms with Crippen LogP contribution in [0, 0.1) is 0 Å². The van der Waals surface area contributed by atoms with Crippen LogP contribution in [0.5, 0.6) is 0 Å². The normalized spacial score (nSPS) is 24.1. The summed E-state index contributed by atoms with van der Waals surface area (Å²) in [5.74, 6) is 0.843. The van der Waals surface area contributed by atoms with Gasteiger partial charge in [-0.05, 0) is 25.0 Å². The molecule has 0 radical (unpaired) electrons. The summed E-state index contributed by atoms with van der Waals surface area (Å²) in [7, 11) is 0. The molecule has 100 valence electrons. The molecule has 0 spiro atoms. The van der Waals surface area contributed by atoms with Gasteiger partial charge in [0.25, 0.3) is 0 Å². The van der Waals surface area contributed by atoms with Gasteiger partial charge in [0.2, 0.25) is 0 Å². The summed E-state index contributed by atoms with van der Waals surface area (Å²) in [5.41, 5.74) is 7.71. The fourth-order valence-electron chi connectivity index (χ4n) is 2.64. The summed E-state index contributed by atoms with van der Waals surface area (Å²) in [6.07, 6.45) is 9.29. The number of nitrogens with one attached hydrogen (secondary N) is 1. The predicted molar refractivity (Wildman–Crippen MR) is 75.8 cm³/mol. The van der Waals surface area contributed by atoms with Crippen molar-refractivity contribution in [3.05, 3.63) is 24.5 Å². The molecule has 0 aliphatic heterocycles. The van der Waals surface area contributed by atoms with E-state index >= 15 is 0 Å². The SMILES string of the molecule is NC1CCCCCC1Nc1ccc2nccnc2n1. The van der Waals surface area contributed by atoms with Crippen molar-refractivity contribution in [2.24, 2.45) is 5.73 Å². The van der Waals surface area contributed by atoms with Gasteiger partial charge in [0.1, 0.15) is 11.3 Å². The van der Waals surface area contributed by atoms with Crippen LogP contribution in [0.3, 0.4) is 0 Å². The Hall–Kier alpha value is -1.75. The number of fused-ring (bicyclic) bond motifs is 1. The van der Waals surface area contributed by atoms with Crippen LogP contribution in [0.1, 0.15) is 32.1 Å². The Morgan fingerprint density at radius 3 is 2.84 bits per heavy atom. The molecular formula is C14H19N5. The minimum Gasteiger partial charge on any atom is -0.366 e. The topological polar surface area (TPSA) is 76.7 Å². The average Bonchev–Trinajstić information content (AvgIpc) is 2.64. The number of aromatic nitrogens is 3. The molecule has 0 aromatic carbocycles. The molecule has 2 unspecified atom stereocenters. The highest BCUT2D eigenvalue weighted by atomic mass is 15.1. The second kappa shape index (κ2) is 5.48. The number of hydrogen-bond acceptors (Lipinski definition) is 5. The molecule has 1 fully saturated rings. The fraction of sp³-hybridized carbons (Fsp3) is 0.500. The molecular weight excluding hydrogens is 238 g/mol. The van der Waals surface area contributed by atoms with E-state index in [1.54, 1.807) is 12.4 Å². The Morgan fingerprint density at radius 2 is 1.89 bits per heavy atom. The average molecular weight is 257 g/mol. The van der Waals surface area contributed by atoms with Crippen molar-refractivity contribution in [1.29, 1.82) is 0 Å². The maximum atomic E-state index is 6.22. The molecule has 2 aromatic heterocycles. The monoisotopic (exact) mass is 257 g/mol. The lowest BCUT2D eigenvalue weighted by atomic mass is 10.0. The molecule has 1 saturated carbocycles. The molecule has 19 heavy (non-hydrogen) atoms. The minimum absolute atomic E-state index is 0.210. The molecule has 3 N–H and O–H groups in total. The highest BCUT2D eigenvalue weighted by Crippen LogP contribution is 2.20. The van der Waals surface area contributed by atoms with Gasteiger partial charge < -0.3 is 11.1 Å². The van der Waals surface area contributed by atoms with Crippen LogP contribution in [0.15, 0.2) is 24.5 Å². The number of rotatable bonds is 2. The van der Waals surface area contributed by atoms with E-state index in [2.05, 4.69) is 20.3 Å². The van der Waals surface area contributed by atoms with Crippen LogP contribution in [0.4, 0.5) is 5.82 Å². The molecule has 1 aliphatic carbocycles. The second-order valence-corrected chi connectivity index (χ2v) is 5.15. The number of anilines is 1. The van der Waals surface area contributed by atoms with Gasteiger partial charge in [0.05, 0.1) is 0 Å². The van der Waals surface area contributed by atoms with Crippen LogP contribution < -0.4 is 11.1 Å². The highest BCUT2D eigenvalue weighted by Gasteiger charge is 2.20. The first kappa shape index (κ1) is 12.3. The maximum absolute atomic E-state index is 6.22. The second-order valence-electron chi connectivity index (χ2n) is 5.15. The summed E-state index contributed by atoms with van der Waals surface area (Å²) in [5, 5.41) is 3.46. The van der Waals surface area contributed by atoms with Crippen LogP contribution in [-0.4, -0.2) is 27.0 Å². The standard InChI is InChI=1S/C14H19N5/c15-10-4-2-1-3-5-11(10)18-13-7-6-12-14(19-13)17-9-8-16-12/h6-11H,1-5,15H2,(H,17,18,19). The summed E-state index contributed by atoms with van der Waals surface area (Å²) >= 11 is 0. The summed E-state index contributed by atoms with van der Waals surface area (Å²) < 4.78 is 0. The van der Waals surface area contributed by atoms with E-state index in [0.717, 1.165) is 24.2 Å². The molecule has 5 nitrogen and oxygen atoms in total. The third-order valence-corrected chi connectivity index (χ3v) is 3.73. The lowest BCUT2D eigenvalue weighted by molar-refractivity contribution is 0.527. The summed E-state index contributed by atoms with van der Waals surface area (Å²) in [6, 6.07) is 4.42.